The molecule has 0 amide bonds. The van der Waals surface area contributed by atoms with Gasteiger partial charge < -0.3 is 9.47 Å². The molecule has 0 aromatic heterocycles. The molecule has 2 nitrogen and oxygen atoms in total. The molecule has 0 bridgehead atoms. The number of methoxy groups -OCH3 is 1. The number of ether oxygens (including phenoxy) is 2. The van der Waals surface area contributed by atoms with Crippen molar-refractivity contribution in [1.82, 2.24) is 0 Å². The summed E-state index contributed by atoms with van der Waals surface area (Å²) in [5.41, 5.74) is 0. The summed E-state index contributed by atoms with van der Waals surface area (Å²) in [6.07, 6.45) is 0. The van der Waals surface area contributed by atoms with Crippen molar-refractivity contribution in [1.29, 1.82) is 0 Å². The van der Waals surface area contributed by atoms with E-state index in [2.05, 4.69) is 16.6 Å². The summed E-state index contributed by atoms with van der Waals surface area (Å²) in [5.74, 6) is 0. The Morgan fingerprint density at radius 3 is 2.17 bits per heavy atom. The zero-order valence-electron chi connectivity index (χ0n) is 3.58. The standard InChI is InChI=1S/C3H7O2.Fe/c1-4-3-5-2;/h1,3H2,2H3;/q-1;. The van der Waals surface area contributed by atoms with Crippen LogP contribution in [0.3, 0.4) is 0 Å². The Morgan fingerprint density at radius 2 is 2.17 bits per heavy atom. The van der Waals surface area contributed by atoms with Crippen molar-refractivity contribution < 1.29 is 26.5 Å². The van der Waals surface area contributed by atoms with E-state index in [0.717, 1.165) is 0 Å². The normalized spacial score (nSPS) is 7.00. The van der Waals surface area contributed by atoms with Gasteiger partial charge in [-0.25, -0.2) is 7.11 Å². The number of hydrogen-bond acceptors (Lipinski definition) is 2. The Bertz CT molecular complexity index is 16.3. The van der Waals surface area contributed by atoms with Crippen LogP contribution in [0.5, 0.6) is 0 Å². The van der Waals surface area contributed by atoms with Crippen LogP contribution in [0.25, 0.3) is 0 Å². The van der Waals surface area contributed by atoms with Crippen molar-refractivity contribution >= 4 is 0 Å². The molecule has 0 spiro atoms. The van der Waals surface area contributed by atoms with Gasteiger partial charge in [0.15, 0.2) is 0 Å². The maximum absolute atomic E-state index is 4.41. The third kappa shape index (κ3) is 8.83. The maximum atomic E-state index is 4.41. The molecule has 0 radical (unpaired) electrons. The van der Waals surface area contributed by atoms with Gasteiger partial charge in [0.1, 0.15) is 6.79 Å². The molecule has 0 aliphatic heterocycles. The smallest absolute Gasteiger partial charge is 0.116 e. The fourth-order valence-corrected chi connectivity index (χ4v) is 0.0833. The van der Waals surface area contributed by atoms with Gasteiger partial charge in [0.2, 0.25) is 0 Å². The van der Waals surface area contributed by atoms with Crippen molar-refractivity contribution in [3.05, 3.63) is 7.11 Å². The number of hydrogen-bond donors (Lipinski definition) is 0. The molecule has 3 heteroatoms. The fourth-order valence-electron chi connectivity index (χ4n) is 0.0833. The van der Waals surface area contributed by atoms with Crippen LogP contribution in [0.15, 0.2) is 0 Å². The van der Waals surface area contributed by atoms with Crippen LogP contribution in [0.4, 0.5) is 0 Å². The average Bonchev–Trinajstić information content (AvgIpc) is 1.41. The van der Waals surface area contributed by atoms with Crippen LogP contribution in [0, 0.1) is 7.11 Å². The van der Waals surface area contributed by atoms with Crippen molar-refractivity contribution in [2.75, 3.05) is 13.9 Å². The first-order valence-electron chi connectivity index (χ1n) is 1.27. The summed E-state index contributed by atoms with van der Waals surface area (Å²) in [5, 5.41) is 0. The maximum Gasteiger partial charge on any atom is 0.116 e. The van der Waals surface area contributed by atoms with Gasteiger partial charge >= 0.3 is 0 Å². The largest absolute Gasteiger partial charge is 0.535 e. The molecule has 0 saturated heterocycles. The van der Waals surface area contributed by atoms with Crippen molar-refractivity contribution in [2.24, 2.45) is 0 Å². The molecule has 0 rings (SSSR count). The van der Waals surface area contributed by atoms with Crippen molar-refractivity contribution in [3.63, 3.8) is 0 Å². The molecule has 0 saturated carbocycles. The molecule has 0 unspecified atom stereocenters. The minimum absolute atomic E-state index is 0. The predicted molar refractivity (Wildman–Crippen MR) is 18.3 cm³/mol. The van der Waals surface area contributed by atoms with Crippen LogP contribution in [-0.2, 0) is 26.5 Å². The van der Waals surface area contributed by atoms with Crippen LogP contribution in [-0.4, -0.2) is 13.9 Å². The van der Waals surface area contributed by atoms with E-state index in [1.54, 1.807) is 7.11 Å². The van der Waals surface area contributed by atoms with Crippen molar-refractivity contribution in [3.8, 4) is 0 Å². The molecule has 0 heterocycles. The molecule has 0 aliphatic carbocycles. The quantitative estimate of drug-likeness (QED) is 0.306. The summed E-state index contributed by atoms with van der Waals surface area (Å²) in [4.78, 5) is 0. The second-order valence-corrected chi connectivity index (χ2v) is 0.611. The van der Waals surface area contributed by atoms with Crippen LogP contribution in [0.2, 0.25) is 0 Å². The first-order chi connectivity index (χ1) is 2.41. The molecule has 0 aromatic carbocycles. The SMILES string of the molecule is [CH2-]OCOC.[Fe]. The molecule has 0 N–H and O–H groups in total. The van der Waals surface area contributed by atoms with E-state index < -0.39 is 0 Å². The summed E-state index contributed by atoms with van der Waals surface area (Å²) >= 11 is 0. The first-order valence-corrected chi connectivity index (χ1v) is 1.27. The minimum Gasteiger partial charge on any atom is -0.535 e. The van der Waals surface area contributed by atoms with Gasteiger partial charge in [0.05, 0.1) is 0 Å². The van der Waals surface area contributed by atoms with Crippen LogP contribution < -0.4 is 0 Å². The van der Waals surface area contributed by atoms with Crippen molar-refractivity contribution in [2.45, 2.75) is 0 Å². The van der Waals surface area contributed by atoms with E-state index in [0.29, 0.717) is 0 Å². The van der Waals surface area contributed by atoms with Gasteiger partial charge in [0, 0.05) is 24.2 Å². The Balaban J connectivity index is 0. The first kappa shape index (κ1) is 9.67. The molecular formula is C3H7FeO2-. The zero-order chi connectivity index (χ0) is 4.12. The van der Waals surface area contributed by atoms with Gasteiger partial charge in [-0.1, -0.05) is 0 Å². The Kier molecular flexibility index (Phi) is 14.6. The summed E-state index contributed by atoms with van der Waals surface area (Å²) in [6, 6.07) is 0. The van der Waals surface area contributed by atoms with Crippen LogP contribution >= 0.6 is 0 Å². The zero-order valence-corrected chi connectivity index (χ0v) is 4.69. The second kappa shape index (κ2) is 9.06. The molecule has 0 fully saturated rings. The van der Waals surface area contributed by atoms with Gasteiger partial charge in [-0.3, -0.25) is 0 Å². The fraction of sp³-hybridized carbons (Fsp3) is 0.667. The van der Waals surface area contributed by atoms with Crippen LogP contribution in [0.1, 0.15) is 0 Å². The Labute approximate surface area is 48.3 Å². The average molecular weight is 131 g/mol. The van der Waals surface area contributed by atoms with Gasteiger partial charge in [-0.2, -0.15) is 0 Å². The van der Waals surface area contributed by atoms with E-state index in [4.69, 9.17) is 0 Å². The molecule has 6 heavy (non-hydrogen) atoms. The second-order valence-electron chi connectivity index (χ2n) is 0.611. The summed E-state index contributed by atoms with van der Waals surface area (Å²) in [7, 11) is 4.60. The molecule has 0 aliphatic rings. The third-order valence-corrected chi connectivity index (χ3v) is 0.201. The topological polar surface area (TPSA) is 18.5 Å². The van der Waals surface area contributed by atoms with E-state index in [1.165, 1.54) is 0 Å². The number of rotatable bonds is 2. The summed E-state index contributed by atoms with van der Waals surface area (Å²) in [6.45, 7) is 0.278. The molecule has 0 aromatic rings. The van der Waals surface area contributed by atoms with Gasteiger partial charge in [-0.15, -0.1) is 0 Å². The van der Waals surface area contributed by atoms with Gasteiger partial charge in [0.25, 0.3) is 0 Å². The predicted octanol–water partition coefficient (Wildman–Crippen LogP) is 0.396. The monoisotopic (exact) mass is 131 g/mol. The summed E-state index contributed by atoms with van der Waals surface area (Å²) < 4.78 is 8.62. The van der Waals surface area contributed by atoms with Gasteiger partial charge in [-0.05, 0) is 0 Å². The molecular weight excluding hydrogens is 124 g/mol. The van der Waals surface area contributed by atoms with E-state index in [9.17, 15) is 0 Å². The van der Waals surface area contributed by atoms with E-state index in [-0.39, 0.29) is 23.9 Å². The Morgan fingerprint density at radius 1 is 1.67 bits per heavy atom. The van der Waals surface area contributed by atoms with E-state index in [1.807, 2.05) is 0 Å². The molecule has 40 valence electrons. The third-order valence-electron chi connectivity index (χ3n) is 0.201. The molecule has 0 atom stereocenters. The minimum atomic E-state index is 0. The Hall–Kier alpha value is 0.439. The van der Waals surface area contributed by atoms with E-state index >= 15 is 0 Å².